The Hall–Kier alpha value is -2.20. The maximum Gasteiger partial charge on any atom is 0.252 e. The van der Waals surface area contributed by atoms with E-state index in [1.54, 1.807) is 6.07 Å². The summed E-state index contributed by atoms with van der Waals surface area (Å²) in [5, 5.41) is 4.05. The Morgan fingerprint density at radius 3 is 2.73 bits per heavy atom. The number of halogens is 1. The minimum absolute atomic E-state index is 0.0331. The van der Waals surface area contributed by atoms with Crippen LogP contribution in [0.15, 0.2) is 64.1 Å². The first-order chi connectivity index (χ1) is 14.4. The molecule has 0 aliphatic rings. The number of benzene rings is 2. The van der Waals surface area contributed by atoms with Gasteiger partial charge in [0.25, 0.3) is 5.91 Å². The van der Waals surface area contributed by atoms with Crippen LogP contribution >= 0.6 is 15.9 Å². The smallest absolute Gasteiger partial charge is 0.252 e. The molecule has 2 N–H and O–H groups in total. The number of carbonyl (C=O) groups excluding carboxylic acids is 1. The van der Waals surface area contributed by atoms with Crippen molar-refractivity contribution in [3.63, 3.8) is 0 Å². The normalized spacial score (nSPS) is 11.7. The van der Waals surface area contributed by atoms with Crippen LogP contribution in [0.4, 0.5) is 0 Å². The average molecular weight is 494 g/mol. The number of para-hydroxylation sites is 1. The Bertz CT molecular complexity index is 1130. The molecule has 1 aromatic heterocycles. The van der Waals surface area contributed by atoms with Crippen LogP contribution in [0.5, 0.6) is 0 Å². The number of carbonyl (C=O) groups is 1. The summed E-state index contributed by atoms with van der Waals surface area (Å²) in [7, 11) is -2.22. The lowest BCUT2D eigenvalue weighted by molar-refractivity contribution is 0.0952. The second-order valence-corrected chi connectivity index (χ2v) is 9.33. The quantitative estimate of drug-likeness (QED) is 0.424. The van der Waals surface area contributed by atoms with Gasteiger partial charge in [0.15, 0.2) is 0 Å². The number of aryl methyl sites for hydroxylation is 1. The molecule has 160 valence electrons. The number of amides is 1. The maximum absolute atomic E-state index is 12.6. The van der Waals surface area contributed by atoms with Crippen molar-refractivity contribution in [3.05, 3.63) is 64.8 Å². The lowest BCUT2D eigenvalue weighted by atomic mass is 10.2. The van der Waals surface area contributed by atoms with Gasteiger partial charge < -0.3 is 14.6 Å². The first-order valence-corrected chi connectivity index (χ1v) is 11.8. The highest BCUT2D eigenvalue weighted by Gasteiger charge is 2.18. The van der Waals surface area contributed by atoms with Crippen LogP contribution in [-0.4, -0.2) is 45.7 Å². The Balaban J connectivity index is 1.59. The summed E-state index contributed by atoms with van der Waals surface area (Å²) < 4.78 is 34.7. The van der Waals surface area contributed by atoms with Crippen LogP contribution in [0.3, 0.4) is 0 Å². The third-order valence-corrected chi connectivity index (χ3v) is 6.78. The zero-order valence-corrected chi connectivity index (χ0v) is 19.0. The van der Waals surface area contributed by atoms with Gasteiger partial charge in [-0.25, -0.2) is 13.1 Å². The standard InChI is InChI=1S/C21H24BrN3O4S/c1-29-14-11-24-30(27,28)17-7-8-19(22)18(15-17)21(26)23-10-4-12-25-13-9-16-5-2-3-6-20(16)25/h2-3,5-9,13,15,24H,4,10-12,14H2,1H3,(H,23,26). The van der Waals surface area contributed by atoms with Gasteiger partial charge in [0, 0.05) is 42.9 Å². The molecule has 30 heavy (non-hydrogen) atoms. The van der Waals surface area contributed by atoms with Gasteiger partial charge in [0.1, 0.15) is 0 Å². The highest BCUT2D eigenvalue weighted by Crippen LogP contribution is 2.21. The summed E-state index contributed by atoms with van der Waals surface area (Å²) >= 11 is 3.33. The van der Waals surface area contributed by atoms with Crippen molar-refractivity contribution in [2.45, 2.75) is 17.9 Å². The highest BCUT2D eigenvalue weighted by atomic mass is 79.9. The van der Waals surface area contributed by atoms with E-state index in [2.05, 4.69) is 48.7 Å². The van der Waals surface area contributed by atoms with Crippen molar-refractivity contribution < 1.29 is 17.9 Å². The van der Waals surface area contributed by atoms with Crippen LogP contribution in [0, 0.1) is 0 Å². The van der Waals surface area contributed by atoms with E-state index < -0.39 is 10.0 Å². The minimum Gasteiger partial charge on any atom is -0.383 e. The van der Waals surface area contributed by atoms with E-state index in [1.165, 1.54) is 24.6 Å². The van der Waals surface area contributed by atoms with Gasteiger partial charge in [-0.3, -0.25) is 4.79 Å². The molecule has 0 saturated heterocycles. The first kappa shape index (κ1) is 22.5. The van der Waals surface area contributed by atoms with Crippen molar-refractivity contribution in [1.82, 2.24) is 14.6 Å². The maximum atomic E-state index is 12.6. The molecule has 0 aliphatic carbocycles. The molecule has 1 amide bonds. The molecule has 3 aromatic rings. The molecule has 0 atom stereocenters. The van der Waals surface area contributed by atoms with E-state index in [4.69, 9.17) is 4.74 Å². The molecular weight excluding hydrogens is 470 g/mol. The van der Waals surface area contributed by atoms with Gasteiger partial charge in [-0.2, -0.15) is 0 Å². The third-order valence-electron chi connectivity index (χ3n) is 4.63. The summed E-state index contributed by atoms with van der Waals surface area (Å²) in [5.41, 5.74) is 1.43. The van der Waals surface area contributed by atoms with E-state index in [-0.39, 0.29) is 29.5 Å². The molecule has 2 aromatic carbocycles. The minimum atomic E-state index is -3.72. The zero-order valence-electron chi connectivity index (χ0n) is 16.6. The molecule has 9 heteroatoms. The van der Waals surface area contributed by atoms with Crippen molar-refractivity contribution in [1.29, 1.82) is 0 Å². The zero-order chi connectivity index (χ0) is 21.6. The SMILES string of the molecule is COCCNS(=O)(=O)c1ccc(Br)c(C(=O)NCCCn2ccc3ccccc32)c1. The second-order valence-electron chi connectivity index (χ2n) is 6.71. The van der Waals surface area contributed by atoms with E-state index in [1.807, 2.05) is 18.3 Å². The monoisotopic (exact) mass is 493 g/mol. The summed E-state index contributed by atoms with van der Waals surface area (Å²) in [6, 6.07) is 14.6. The van der Waals surface area contributed by atoms with Gasteiger partial charge >= 0.3 is 0 Å². The van der Waals surface area contributed by atoms with Crippen molar-refractivity contribution in [2.75, 3.05) is 26.8 Å². The highest BCUT2D eigenvalue weighted by molar-refractivity contribution is 9.10. The van der Waals surface area contributed by atoms with Crippen LogP contribution in [0.25, 0.3) is 10.9 Å². The van der Waals surface area contributed by atoms with Crippen LogP contribution < -0.4 is 10.0 Å². The summed E-state index contributed by atoms with van der Waals surface area (Å²) in [6.07, 6.45) is 2.78. The molecule has 0 fully saturated rings. The van der Waals surface area contributed by atoms with Crippen LogP contribution in [-0.2, 0) is 21.3 Å². The molecule has 3 rings (SSSR count). The number of nitrogens with one attached hydrogen (secondary N) is 2. The molecule has 0 saturated carbocycles. The number of hydrogen-bond donors (Lipinski definition) is 2. The predicted octanol–water partition coefficient (Wildman–Crippen LogP) is 3.15. The average Bonchev–Trinajstić information content (AvgIpc) is 3.14. The molecule has 0 unspecified atom stereocenters. The van der Waals surface area contributed by atoms with Crippen LogP contribution in [0.2, 0.25) is 0 Å². The van der Waals surface area contributed by atoms with E-state index in [0.717, 1.165) is 18.5 Å². The number of rotatable bonds is 10. The van der Waals surface area contributed by atoms with Gasteiger partial charge in [-0.1, -0.05) is 18.2 Å². The fraction of sp³-hybridized carbons (Fsp3) is 0.286. The molecule has 0 spiro atoms. The number of ether oxygens (including phenoxy) is 1. The van der Waals surface area contributed by atoms with E-state index in [0.29, 0.717) is 11.0 Å². The fourth-order valence-corrected chi connectivity index (χ4v) is 4.55. The third kappa shape index (κ3) is 5.48. The summed E-state index contributed by atoms with van der Waals surface area (Å²) in [4.78, 5) is 12.6. The van der Waals surface area contributed by atoms with Gasteiger partial charge in [-0.05, 0) is 58.1 Å². The topological polar surface area (TPSA) is 89.4 Å². The number of sulfonamides is 1. The molecule has 0 radical (unpaired) electrons. The lowest BCUT2D eigenvalue weighted by Crippen LogP contribution is -2.28. The van der Waals surface area contributed by atoms with Gasteiger partial charge in [-0.15, -0.1) is 0 Å². The van der Waals surface area contributed by atoms with Crippen molar-refractivity contribution >= 4 is 42.8 Å². The van der Waals surface area contributed by atoms with Gasteiger partial charge in [0.05, 0.1) is 17.1 Å². The Morgan fingerprint density at radius 1 is 1.13 bits per heavy atom. The molecule has 0 bridgehead atoms. The summed E-state index contributed by atoms with van der Waals surface area (Å²) in [5.74, 6) is -0.326. The number of aromatic nitrogens is 1. The summed E-state index contributed by atoms with van der Waals surface area (Å²) in [6.45, 7) is 1.66. The number of nitrogens with zero attached hydrogens (tertiary/aromatic N) is 1. The number of methoxy groups -OCH3 is 1. The number of hydrogen-bond acceptors (Lipinski definition) is 4. The lowest BCUT2D eigenvalue weighted by Gasteiger charge is -2.11. The first-order valence-electron chi connectivity index (χ1n) is 9.52. The van der Waals surface area contributed by atoms with Gasteiger partial charge in [0.2, 0.25) is 10.0 Å². The Morgan fingerprint density at radius 2 is 1.93 bits per heavy atom. The number of fused-ring (bicyclic) bond motifs is 1. The van der Waals surface area contributed by atoms with Crippen molar-refractivity contribution in [2.24, 2.45) is 0 Å². The Labute approximate surface area is 184 Å². The van der Waals surface area contributed by atoms with E-state index in [9.17, 15) is 13.2 Å². The molecular formula is C21H24BrN3O4S. The molecule has 0 aliphatic heterocycles. The molecule has 1 heterocycles. The van der Waals surface area contributed by atoms with Crippen molar-refractivity contribution in [3.8, 4) is 0 Å². The molecule has 7 nitrogen and oxygen atoms in total. The Kier molecular flexibility index (Phi) is 7.65. The fourth-order valence-electron chi connectivity index (χ4n) is 3.09. The van der Waals surface area contributed by atoms with Crippen LogP contribution in [0.1, 0.15) is 16.8 Å². The second kappa shape index (κ2) is 10.2. The predicted molar refractivity (Wildman–Crippen MR) is 120 cm³/mol. The largest absolute Gasteiger partial charge is 0.383 e. The van der Waals surface area contributed by atoms with E-state index >= 15 is 0 Å².